The number of aromatic nitrogens is 6. The monoisotopic (exact) mass is 436 g/mol. The number of aryl methyl sites for hydroxylation is 1. The van der Waals surface area contributed by atoms with Crippen LogP contribution < -0.4 is 15.2 Å². The van der Waals surface area contributed by atoms with E-state index in [0.717, 1.165) is 61.3 Å². The Morgan fingerprint density at radius 2 is 2.19 bits per heavy atom. The fraction of sp³-hybridized carbons (Fsp3) is 0.500. The minimum atomic E-state index is -0.289. The predicted molar refractivity (Wildman–Crippen MR) is 112 cm³/mol. The summed E-state index contributed by atoms with van der Waals surface area (Å²) in [6.07, 6.45) is 4.85. The van der Waals surface area contributed by atoms with Crippen molar-refractivity contribution >= 4 is 0 Å². The van der Waals surface area contributed by atoms with Crippen LogP contribution in [0.2, 0.25) is 0 Å². The van der Waals surface area contributed by atoms with Crippen LogP contribution in [-0.4, -0.2) is 49.5 Å². The van der Waals surface area contributed by atoms with Crippen LogP contribution in [0.3, 0.4) is 0 Å². The van der Waals surface area contributed by atoms with Crippen LogP contribution >= 0.6 is 0 Å². The van der Waals surface area contributed by atoms with E-state index in [0.29, 0.717) is 30.8 Å². The van der Waals surface area contributed by atoms with Gasteiger partial charge in [0, 0.05) is 30.7 Å². The van der Waals surface area contributed by atoms with E-state index in [2.05, 4.69) is 31.7 Å². The van der Waals surface area contributed by atoms with Gasteiger partial charge in [-0.15, -0.1) is 5.10 Å². The Hall–Kier alpha value is -3.27. The second-order valence-corrected chi connectivity index (χ2v) is 8.59. The standard InChI is InChI=1S/C22H24N6O4/c29-22-23-19(31-12-16-2-1-9-30-16)11-18-17-6-5-15(10-14(17)7-8-28(18)22)32-20(13-3-4-13)21-24-26-27-25-21/h5-6,10-11,13,16,20H,1-4,7-9,12H2,(H,24,25,26,27). The van der Waals surface area contributed by atoms with Crippen LogP contribution in [0.15, 0.2) is 29.1 Å². The number of fused-ring (bicyclic) bond motifs is 3. The summed E-state index contributed by atoms with van der Waals surface area (Å²) in [4.78, 5) is 16.7. The van der Waals surface area contributed by atoms with E-state index in [-0.39, 0.29) is 17.9 Å². The molecule has 1 aliphatic carbocycles. The molecule has 0 radical (unpaired) electrons. The zero-order chi connectivity index (χ0) is 21.5. The SMILES string of the molecule is O=c1nc(OCC2CCCO2)cc2n1CCc1cc(OC(c3nnn[nH]3)C3CC3)ccc1-2. The summed E-state index contributed by atoms with van der Waals surface area (Å²) in [5, 5.41) is 14.3. The highest BCUT2D eigenvalue weighted by Crippen LogP contribution is 2.43. The Morgan fingerprint density at radius 3 is 2.97 bits per heavy atom. The highest BCUT2D eigenvalue weighted by Gasteiger charge is 2.36. The molecular formula is C22H24N6O4. The van der Waals surface area contributed by atoms with Crippen molar-refractivity contribution in [3.05, 3.63) is 46.1 Å². The summed E-state index contributed by atoms with van der Waals surface area (Å²) in [6, 6.07) is 7.84. The number of ether oxygens (including phenoxy) is 3. The van der Waals surface area contributed by atoms with E-state index in [1.165, 1.54) is 0 Å². The number of aromatic amines is 1. The second kappa shape index (κ2) is 8.01. The fourth-order valence-corrected chi connectivity index (χ4v) is 4.49. The molecule has 2 atom stereocenters. The molecule has 2 unspecified atom stereocenters. The third kappa shape index (κ3) is 3.75. The van der Waals surface area contributed by atoms with Crippen molar-refractivity contribution < 1.29 is 14.2 Å². The van der Waals surface area contributed by atoms with Gasteiger partial charge in [-0.05, 0) is 66.3 Å². The molecule has 32 heavy (non-hydrogen) atoms. The Labute approximate surface area is 183 Å². The van der Waals surface area contributed by atoms with Gasteiger partial charge in [-0.3, -0.25) is 4.57 Å². The molecule has 3 aliphatic rings. The smallest absolute Gasteiger partial charge is 0.351 e. The van der Waals surface area contributed by atoms with Gasteiger partial charge in [0.15, 0.2) is 11.9 Å². The van der Waals surface area contributed by atoms with Crippen molar-refractivity contribution in [2.45, 2.75) is 50.9 Å². The van der Waals surface area contributed by atoms with Gasteiger partial charge in [0.1, 0.15) is 12.4 Å². The lowest BCUT2D eigenvalue weighted by molar-refractivity contribution is 0.0661. The van der Waals surface area contributed by atoms with Gasteiger partial charge in [-0.2, -0.15) is 4.98 Å². The van der Waals surface area contributed by atoms with Crippen molar-refractivity contribution in [3.8, 4) is 22.9 Å². The van der Waals surface area contributed by atoms with Gasteiger partial charge in [0.25, 0.3) is 0 Å². The molecule has 6 rings (SSSR count). The molecule has 10 heteroatoms. The van der Waals surface area contributed by atoms with Gasteiger partial charge in [-0.1, -0.05) is 0 Å². The Bertz CT molecular complexity index is 1170. The Kier molecular flexibility index (Phi) is 4.86. The average Bonchev–Trinajstić information content (AvgIpc) is 3.25. The van der Waals surface area contributed by atoms with E-state index in [1.54, 1.807) is 4.57 Å². The van der Waals surface area contributed by atoms with Crippen LogP contribution in [0.1, 0.15) is 43.2 Å². The van der Waals surface area contributed by atoms with Gasteiger partial charge in [-0.25, -0.2) is 9.89 Å². The minimum absolute atomic E-state index is 0.0709. The number of nitrogens with one attached hydrogen (secondary N) is 1. The first-order valence-corrected chi connectivity index (χ1v) is 11.1. The van der Waals surface area contributed by atoms with Crippen LogP contribution in [-0.2, 0) is 17.7 Å². The van der Waals surface area contributed by atoms with Gasteiger partial charge >= 0.3 is 5.69 Å². The number of hydrogen-bond donors (Lipinski definition) is 1. The molecule has 0 spiro atoms. The largest absolute Gasteiger partial charge is 0.482 e. The summed E-state index contributed by atoms with van der Waals surface area (Å²) in [5.74, 6) is 2.20. The van der Waals surface area contributed by atoms with E-state index < -0.39 is 0 Å². The molecule has 2 fully saturated rings. The van der Waals surface area contributed by atoms with Crippen molar-refractivity contribution in [1.82, 2.24) is 30.2 Å². The third-order valence-corrected chi connectivity index (χ3v) is 6.33. The minimum Gasteiger partial charge on any atom is -0.482 e. The summed E-state index contributed by atoms with van der Waals surface area (Å²) >= 11 is 0. The van der Waals surface area contributed by atoms with Crippen LogP contribution in [0.4, 0.5) is 0 Å². The number of tetrazole rings is 1. The molecule has 2 aromatic heterocycles. The molecule has 1 saturated carbocycles. The summed E-state index contributed by atoms with van der Waals surface area (Å²) < 4.78 is 19.4. The number of rotatable bonds is 7. The van der Waals surface area contributed by atoms with Crippen molar-refractivity contribution in [2.75, 3.05) is 13.2 Å². The second-order valence-electron chi connectivity index (χ2n) is 8.59. The zero-order valence-corrected chi connectivity index (χ0v) is 17.6. The summed E-state index contributed by atoms with van der Waals surface area (Å²) in [7, 11) is 0. The summed E-state index contributed by atoms with van der Waals surface area (Å²) in [5.41, 5.74) is 2.65. The molecule has 1 aromatic carbocycles. The third-order valence-electron chi connectivity index (χ3n) is 6.33. The first kappa shape index (κ1) is 19.4. The molecule has 1 saturated heterocycles. The van der Waals surface area contributed by atoms with E-state index >= 15 is 0 Å². The maximum absolute atomic E-state index is 12.6. The highest BCUT2D eigenvalue weighted by molar-refractivity contribution is 5.67. The average molecular weight is 436 g/mol. The lowest BCUT2D eigenvalue weighted by Crippen LogP contribution is -2.29. The van der Waals surface area contributed by atoms with Crippen molar-refractivity contribution in [1.29, 1.82) is 0 Å². The lowest BCUT2D eigenvalue weighted by Gasteiger charge is -2.23. The predicted octanol–water partition coefficient (Wildman–Crippen LogP) is 2.07. The Balaban J connectivity index is 1.26. The normalized spacial score (nSPS) is 20.4. The highest BCUT2D eigenvalue weighted by atomic mass is 16.5. The first-order valence-electron chi connectivity index (χ1n) is 11.1. The van der Waals surface area contributed by atoms with Crippen LogP contribution in [0, 0.1) is 5.92 Å². The van der Waals surface area contributed by atoms with E-state index in [9.17, 15) is 4.79 Å². The van der Waals surface area contributed by atoms with E-state index in [1.807, 2.05) is 18.2 Å². The fourth-order valence-electron chi connectivity index (χ4n) is 4.49. The van der Waals surface area contributed by atoms with Crippen molar-refractivity contribution in [3.63, 3.8) is 0 Å². The first-order chi connectivity index (χ1) is 15.7. The van der Waals surface area contributed by atoms with Gasteiger partial charge in [0.2, 0.25) is 5.88 Å². The van der Waals surface area contributed by atoms with Crippen molar-refractivity contribution in [2.24, 2.45) is 5.92 Å². The molecule has 3 aromatic rings. The van der Waals surface area contributed by atoms with E-state index in [4.69, 9.17) is 14.2 Å². The summed E-state index contributed by atoms with van der Waals surface area (Å²) in [6.45, 7) is 1.75. The molecule has 0 bridgehead atoms. The number of hydrogen-bond acceptors (Lipinski definition) is 8. The molecule has 2 aliphatic heterocycles. The van der Waals surface area contributed by atoms with Gasteiger partial charge in [0.05, 0.1) is 11.8 Å². The molecule has 166 valence electrons. The topological polar surface area (TPSA) is 117 Å². The molecule has 4 heterocycles. The van der Waals surface area contributed by atoms with Crippen LogP contribution in [0.5, 0.6) is 11.6 Å². The maximum atomic E-state index is 12.6. The number of nitrogens with zero attached hydrogens (tertiary/aromatic N) is 5. The number of benzene rings is 1. The quantitative estimate of drug-likeness (QED) is 0.598. The lowest BCUT2D eigenvalue weighted by atomic mass is 9.97. The molecule has 10 nitrogen and oxygen atoms in total. The maximum Gasteiger partial charge on any atom is 0.351 e. The Morgan fingerprint density at radius 1 is 1.25 bits per heavy atom. The molecular weight excluding hydrogens is 412 g/mol. The molecule has 0 amide bonds. The zero-order valence-electron chi connectivity index (χ0n) is 17.6. The number of H-pyrrole nitrogens is 1. The molecule has 1 N–H and O–H groups in total. The van der Waals surface area contributed by atoms with Gasteiger partial charge < -0.3 is 14.2 Å². The van der Waals surface area contributed by atoms with Crippen LogP contribution in [0.25, 0.3) is 11.3 Å².